The second-order valence-corrected chi connectivity index (χ2v) is 8.13. The molecule has 158 valence electrons. The molecule has 0 spiro atoms. The molecule has 0 radical (unpaired) electrons. The summed E-state index contributed by atoms with van der Waals surface area (Å²) in [5.41, 5.74) is 2.80. The summed E-state index contributed by atoms with van der Waals surface area (Å²) >= 11 is 0. The van der Waals surface area contributed by atoms with Crippen molar-refractivity contribution in [2.45, 2.75) is 52.6 Å². The van der Waals surface area contributed by atoms with Crippen LogP contribution < -0.4 is 4.90 Å². The molecule has 1 aliphatic heterocycles. The highest BCUT2D eigenvalue weighted by Crippen LogP contribution is 2.35. The molecule has 0 bridgehead atoms. The largest absolute Gasteiger partial charge is 0.383 e. The highest BCUT2D eigenvalue weighted by atomic mass is 16.5. The summed E-state index contributed by atoms with van der Waals surface area (Å²) in [4.78, 5) is 17.1. The molecule has 0 saturated carbocycles. The fourth-order valence-electron chi connectivity index (χ4n) is 3.92. The zero-order chi connectivity index (χ0) is 20.8. The molecule has 1 atom stereocenters. The predicted molar refractivity (Wildman–Crippen MR) is 115 cm³/mol. The number of methoxy groups -OCH3 is 1. The Morgan fingerprint density at radius 2 is 2.07 bits per heavy atom. The van der Waals surface area contributed by atoms with Crippen molar-refractivity contribution < 1.29 is 14.1 Å². The lowest BCUT2D eigenvalue weighted by atomic mass is 10.0. The van der Waals surface area contributed by atoms with E-state index in [1.807, 2.05) is 49.1 Å². The van der Waals surface area contributed by atoms with Gasteiger partial charge in [-0.15, -0.1) is 0 Å². The Balaban J connectivity index is 2.00. The Labute approximate surface area is 173 Å². The van der Waals surface area contributed by atoms with E-state index in [1.165, 1.54) is 6.42 Å². The molecular formula is C23H33N3O3. The zero-order valence-electron chi connectivity index (χ0n) is 18.1. The average molecular weight is 400 g/mol. The van der Waals surface area contributed by atoms with Crippen LogP contribution in [0.3, 0.4) is 0 Å². The second kappa shape index (κ2) is 9.92. The maximum atomic E-state index is 12.9. The molecule has 0 N–H and O–H groups in total. The molecule has 3 rings (SSSR count). The second-order valence-electron chi connectivity index (χ2n) is 8.13. The fourth-order valence-corrected chi connectivity index (χ4v) is 3.92. The minimum absolute atomic E-state index is 0.0794. The number of nitrogens with zero attached hydrogens (tertiary/aromatic N) is 3. The van der Waals surface area contributed by atoms with Crippen LogP contribution in [-0.4, -0.2) is 48.8 Å². The van der Waals surface area contributed by atoms with Gasteiger partial charge in [-0.05, 0) is 26.2 Å². The number of piperidine rings is 1. The van der Waals surface area contributed by atoms with Crippen molar-refractivity contribution in [3.8, 4) is 11.3 Å². The topological polar surface area (TPSA) is 58.8 Å². The number of amides is 1. The Morgan fingerprint density at radius 1 is 1.31 bits per heavy atom. The maximum absolute atomic E-state index is 12.9. The quantitative estimate of drug-likeness (QED) is 0.660. The van der Waals surface area contributed by atoms with Crippen molar-refractivity contribution in [1.29, 1.82) is 0 Å². The lowest BCUT2D eigenvalue weighted by Crippen LogP contribution is -2.39. The predicted octanol–water partition coefficient (Wildman–Crippen LogP) is 4.35. The van der Waals surface area contributed by atoms with Crippen molar-refractivity contribution in [1.82, 2.24) is 10.1 Å². The van der Waals surface area contributed by atoms with Crippen molar-refractivity contribution in [3.05, 3.63) is 35.9 Å². The van der Waals surface area contributed by atoms with Crippen LogP contribution in [-0.2, 0) is 16.1 Å². The fraction of sp³-hybridized carbons (Fsp3) is 0.565. The van der Waals surface area contributed by atoms with Crippen molar-refractivity contribution in [2.24, 2.45) is 5.92 Å². The molecule has 6 nitrogen and oxygen atoms in total. The molecule has 1 saturated heterocycles. The first-order valence-electron chi connectivity index (χ1n) is 10.6. The smallest absolute Gasteiger partial charge is 0.233 e. The number of benzene rings is 1. The summed E-state index contributed by atoms with van der Waals surface area (Å²) < 4.78 is 11.2. The lowest BCUT2D eigenvalue weighted by Gasteiger charge is -2.34. The summed E-state index contributed by atoms with van der Waals surface area (Å²) in [7, 11) is 1.66. The Hall–Kier alpha value is -2.34. The van der Waals surface area contributed by atoms with Gasteiger partial charge in [-0.3, -0.25) is 4.79 Å². The third kappa shape index (κ3) is 4.99. The van der Waals surface area contributed by atoms with Crippen LogP contribution in [0.1, 0.15) is 45.6 Å². The number of aromatic nitrogens is 1. The number of carbonyl (C=O) groups excluding carboxylic acids is 1. The van der Waals surface area contributed by atoms with Gasteiger partial charge < -0.3 is 19.1 Å². The molecule has 29 heavy (non-hydrogen) atoms. The number of hydrogen-bond donors (Lipinski definition) is 0. The Morgan fingerprint density at radius 3 is 2.72 bits per heavy atom. The first kappa shape index (κ1) is 21.4. The standard InChI is InChI=1S/C23H33N3O3/c1-17(2)22(27)25(14-15-28-4)16-20-21(19-11-6-5-7-12-19)24-29-23(20)26-13-9-8-10-18(26)3/h5-7,11-12,17-18H,8-10,13-16H2,1-4H3. The van der Waals surface area contributed by atoms with Gasteiger partial charge in [-0.2, -0.15) is 0 Å². The highest BCUT2D eigenvalue weighted by molar-refractivity contribution is 5.79. The van der Waals surface area contributed by atoms with E-state index in [0.717, 1.165) is 42.1 Å². The summed E-state index contributed by atoms with van der Waals surface area (Å²) in [5, 5.41) is 4.45. The molecule has 1 aromatic heterocycles. The minimum Gasteiger partial charge on any atom is -0.383 e. The van der Waals surface area contributed by atoms with Crippen molar-refractivity contribution in [2.75, 3.05) is 31.7 Å². The van der Waals surface area contributed by atoms with Crippen LogP contribution in [0.25, 0.3) is 11.3 Å². The van der Waals surface area contributed by atoms with Crippen LogP contribution in [0.2, 0.25) is 0 Å². The molecule has 1 aliphatic rings. The van der Waals surface area contributed by atoms with E-state index in [-0.39, 0.29) is 11.8 Å². The number of hydrogen-bond acceptors (Lipinski definition) is 5. The van der Waals surface area contributed by atoms with Gasteiger partial charge in [0.25, 0.3) is 0 Å². The monoisotopic (exact) mass is 399 g/mol. The molecule has 1 unspecified atom stereocenters. The highest BCUT2D eigenvalue weighted by Gasteiger charge is 2.30. The van der Waals surface area contributed by atoms with Gasteiger partial charge >= 0.3 is 0 Å². The molecular weight excluding hydrogens is 366 g/mol. The van der Waals surface area contributed by atoms with Crippen LogP contribution in [0, 0.1) is 5.92 Å². The molecule has 2 heterocycles. The first-order valence-corrected chi connectivity index (χ1v) is 10.6. The normalized spacial score (nSPS) is 17.0. The first-order chi connectivity index (χ1) is 14.0. The zero-order valence-corrected chi connectivity index (χ0v) is 18.1. The molecule has 6 heteroatoms. The molecule has 2 aromatic rings. The number of rotatable bonds is 8. The lowest BCUT2D eigenvalue weighted by molar-refractivity contribution is -0.135. The third-order valence-corrected chi connectivity index (χ3v) is 5.60. The number of carbonyl (C=O) groups is 1. The van der Waals surface area contributed by atoms with Crippen LogP contribution in [0.15, 0.2) is 34.9 Å². The van der Waals surface area contributed by atoms with E-state index in [0.29, 0.717) is 25.7 Å². The molecule has 1 aromatic carbocycles. The summed E-state index contributed by atoms with van der Waals surface area (Å²) in [6, 6.07) is 10.5. The summed E-state index contributed by atoms with van der Waals surface area (Å²) in [6.45, 7) is 8.56. The van der Waals surface area contributed by atoms with Crippen LogP contribution >= 0.6 is 0 Å². The minimum atomic E-state index is -0.0794. The number of anilines is 1. The van der Waals surface area contributed by atoms with Gasteiger partial charge in [-0.1, -0.05) is 49.3 Å². The molecule has 1 amide bonds. The van der Waals surface area contributed by atoms with Gasteiger partial charge in [0, 0.05) is 37.7 Å². The molecule has 0 aliphatic carbocycles. The summed E-state index contributed by atoms with van der Waals surface area (Å²) in [6.07, 6.45) is 3.51. The van der Waals surface area contributed by atoms with Gasteiger partial charge in [0.1, 0.15) is 5.69 Å². The van der Waals surface area contributed by atoms with E-state index in [4.69, 9.17) is 9.26 Å². The Kier molecular flexibility index (Phi) is 7.31. The number of ether oxygens (including phenoxy) is 1. The van der Waals surface area contributed by atoms with Crippen LogP contribution in [0.5, 0.6) is 0 Å². The SMILES string of the molecule is COCCN(Cc1c(-c2ccccc2)noc1N1CCCCC1C)C(=O)C(C)C. The van der Waals surface area contributed by atoms with E-state index in [1.54, 1.807) is 7.11 Å². The average Bonchev–Trinajstić information content (AvgIpc) is 3.14. The van der Waals surface area contributed by atoms with Gasteiger partial charge in [-0.25, -0.2) is 0 Å². The maximum Gasteiger partial charge on any atom is 0.233 e. The van der Waals surface area contributed by atoms with E-state index >= 15 is 0 Å². The van der Waals surface area contributed by atoms with E-state index in [2.05, 4.69) is 17.0 Å². The summed E-state index contributed by atoms with van der Waals surface area (Å²) in [5.74, 6) is 0.833. The van der Waals surface area contributed by atoms with Gasteiger partial charge in [0.15, 0.2) is 0 Å². The Bertz CT molecular complexity index is 788. The van der Waals surface area contributed by atoms with Gasteiger partial charge in [0.2, 0.25) is 11.8 Å². The van der Waals surface area contributed by atoms with E-state index in [9.17, 15) is 4.79 Å². The van der Waals surface area contributed by atoms with Crippen molar-refractivity contribution in [3.63, 3.8) is 0 Å². The van der Waals surface area contributed by atoms with Gasteiger partial charge in [0.05, 0.1) is 18.7 Å². The van der Waals surface area contributed by atoms with E-state index < -0.39 is 0 Å². The van der Waals surface area contributed by atoms with Crippen molar-refractivity contribution >= 4 is 11.8 Å². The van der Waals surface area contributed by atoms with Crippen LogP contribution in [0.4, 0.5) is 5.88 Å². The third-order valence-electron chi connectivity index (χ3n) is 5.60. The molecule has 1 fully saturated rings.